The monoisotopic (exact) mass is 292 g/mol. The number of rotatable bonds is 6. The summed E-state index contributed by atoms with van der Waals surface area (Å²) >= 11 is 0. The Bertz CT molecular complexity index is 484. The number of benzene rings is 1. The number of phenolic OH excluding ortho intramolecular Hbond substituents is 1. The largest absolute Gasteiger partial charge is 0.504 e. The number of hydrogen-bond acceptors (Lipinski definition) is 4. The Morgan fingerprint density at radius 1 is 1.43 bits per heavy atom. The normalized spacial score (nSPS) is 15.1. The van der Waals surface area contributed by atoms with Crippen LogP contribution in [0.4, 0.5) is 0 Å². The fourth-order valence-corrected chi connectivity index (χ4v) is 2.68. The van der Waals surface area contributed by atoms with Crippen molar-refractivity contribution in [2.75, 3.05) is 20.7 Å². The van der Waals surface area contributed by atoms with Gasteiger partial charge in [0.2, 0.25) is 5.91 Å². The second-order valence-electron chi connectivity index (χ2n) is 5.62. The lowest BCUT2D eigenvalue weighted by atomic mass is 10.2. The first kappa shape index (κ1) is 15.6. The number of nitrogens with one attached hydrogen (secondary N) is 1. The van der Waals surface area contributed by atoms with Crippen molar-refractivity contribution in [2.45, 2.75) is 38.3 Å². The van der Waals surface area contributed by atoms with Crippen molar-refractivity contribution >= 4 is 5.91 Å². The van der Waals surface area contributed by atoms with Gasteiger partial charge < -0.3 is 20.1 Å². The third-order valence-electron chi connectivity index (χ3n) is 3.99. The van der Waals surface area contributed by atoms with E-state index in [0.29, 0.717) is 24.9 Å². The number of nitrogens with zero attached hydrogens (tertiary/aromatic N) is 1. The van der Waals surface area contributed by atoms with Gasteiger partial charge in [-0.3, -0.25) is 4.79 Å². The summed E-state index contributed by atoms with van der Waals surface area (Å²) in [5.74, 6) is 0.615. The lowest BCUT2D eigenvalue weighted by Gasteiger charge is -2.19. The summed E-state index contributed by atoms with van der Waals surface area (Å²) in [5.41, 5.74) is 0.932. The van der Waals surface area contributed by atoms with Crippen molar-refractivity contribution in [1.29, 1.82) is 0 Å². The van der Waals surface area contributed by atoms with E-state index in [4.69, 9.17) is 4.74 Å². The Balaban J connectivity index is 1.84. The van der Waals surface area contributed by atoms with E-state index in [-0.39, 0.29) is 11.7 Å². The molecular weight excluding hydrogens is 268 g/mol. The summed E-state index contributed by atoms with van der Waals surface area (Å²) in [7, 11) is 3.30. The van der Waals surface area contributed by atoms with Crippen LogP contribution in [0.15, 0.2) is 18.2 Å². The molecule has 116 valence electrons. The average molecular weight is 292 g/mol. The van der Waals surface area contributed by atoms with E-state index >= 15 is 0 Å². The maximum atomic E-state index is 12.1. The Labute approximate surface area is 125 Å². The molecule has 1 aromatic rings. The molecule has 0 spiro atoms. The van der Waals surface area contributed by atoms with Gasteiger partial charge in [0.1, 0.15) is 0 Å². The molecule has 5 heteroatoms. The number of amides is 1. The third-order valence-corrected chi connectivity index (χ3v) is 3.99. The Kier molecular flexibility index (Phi) is 5.44. The van der Waals surface area contributed by atoms with Gasteiger partial charge in [-0.05, 0) is 30.5 Å². The van der Waals surface area contributed by atoms with Crippen LogP contribution in [-0.2, 0) is 11.3 Å². The molecule has 0 heterocycles. The molecule has 1 aliphatic carbocycles. The van der Waals surface area contributed by atoms with Crippen LogP contribution in [0.25, 0.3) is 0 Å². The second-order valence-corrected chi connectivity index (χ2v) is 5.62. The summed E-state index contributed by atoms with van der Waals surface area (Å²) in [6.07, 6.45) is 4.86. The molecule has 1 aliphatic rings. The average Bonchev–Trinajstić information content (AvgIpc) is 3.00. The number of hydrogen-bond donors (Lipinski definition) is 2. The molecule has 0 aromatic heterocycles. The van der Waals surface area contributed by atoms with E-state index in [1.165, 1.54) is 32.8 Å². The zero-order valence-corrected chi connectivity index (χ0v) is 12.8. The zero-order valence-electron chi connectivity index (χ0n) is 12.8. The van der Waals surface area contributed by atoms with Crippen LogP contribution in [0.5, 0.6) is 11.5 Å². The maximum Gasteiger partial charge on any atom is 0.236 e. The molecule has 0 radical (unpaired) electrons. The van der Waals surface area contributed by atoms with Gasteiger partial charge in [0.25, 0.3) is 0 Å². The minimum absolute atomic E-state index is 0.0777. The first-order chi connectivity index (χ1) is 10.1. The molecule has 0 aliphatic heterocycles. The van der Waals surface area contributed by atoms with Crippen molar-refractivity contribution in [1.82, 2.24) is 10.2 Å². The highest BCUT2D eigenvalue weighted by Crippen LogP contribution is 2.26. The minimum atomic E-state index is 0.0777. The highest BCUT2D eigenvalue weighted by Gasteiger charge is 2.17. The van der Waals surface area contributed by atoms with Gasteiger partial charge in [-0.1, -0.05) is 18.9 Å². The number of carbonyl (C=O) groups is 1. The summed E-state index contributed by atoms with van der Waals surface area (Å²) in [6.45, 7) is 0.887. The minimum Gasteiger partial charge on any atom is -0.504 e. The molecule has 0 saturated heterocycles. The topological polar surface area (TPSA) is 61.8 Å². The Morgan fingerprint density at radius 2 is 2.14 bits per heavy atom. The van der Waals surface area contributed by atoms with Crippen LogP contribution in [0.3, 0.4) is 0 Å². The fraction of sp³-hybridized carbons (Fsp3) is 0.562. The number of methoxy groups -OCH3 is 1. The molecule has 2 rings (SSSR count). The SMILES string of the molecule is COc1cc(CN(C)C(=O)CNC2CCCC2)ccc1O. The molecule has 0 bridgehead atoms. The molecule has 1 aromatic carbocycles. The predicted molar refractivity (Wildman–Crippen MR) is 81.4 cm³/mol. The van der Waals surface area contributed by atoms with Crippen molar-refractivity contribution in [2.24, 2.45) is 0 Å². The fourth-order valence-electron chi connectivity index (χ4n) is 2.68. The van der Waals surface area contributed by atoms with E-state index in [1.807, 2.05) is 0 Å². The summed E-state index contributed by atoms with van der Waals surface area (Å²) < 4.78 is 5.08. The predicted octanol–water partition coefficient (Wildman–Crippen LogP) is 1.89. The quantitative estimate of drug-likeness (QED) is 0.840. The molecule has 2 N–H and O–H groups in total. The summed E-state index contributed by atoms with van der Waals surface area (Å²) in [4.78, 5) is 13.8. The van der Waals surface area contributed by atoms with Gasteiger partial charge in [-0.15, -0.1) is 0 Å². The number of ether oxygens (including phenoxy) is 1. The van der Waals surface area contributed by atoms with Crippen molar-refractivity contribution in [3.63, 3.8) is 0 Å². The Hall–Kier alpha value is -1.75. The first-order valence-electron chi connectivity index (χ1n) is 7.43. The molecular formula is C16H24N2O3. The Morgan fingerprint density at radius 3 is 2.81 bits per heavy atom. The van der Waals surface area contributed by atoms with Gasteiger partial charge in [-0.2, -0.15) is 0 Å². The molecule has 5 nitrogen and oxygen atoms in total. The lowest BCUT2D eigenvalue weighted by Crippen LogP contribution is -2.38. The van der Waals surface area contributed by atoms with E-state index in [2.05, 4.69) is 5.32 Å². The molecule has 0 unspecified atom stereocenters. The van der Waals surface area contributed by atoms with Gasteiger partial charge >= 0.3 is 0 Å². The van der Waals surface area contributed by atoms with Crippen LogP contribution in [0.1, 0.15) is 31.2 Å². The number of aromatic hydroxyl groups is 1. The first-order valence-corrected chi connectivity index (χ1v) is 7.43. The van der Waals surface area contributed by atoms with Crippen molar-refractivity contribution in [3.8, 4) is 11.5 Å². The van der Waals surface area contributed by atoms with Crippen molar-refractivity contribution < 1.29 is 14.6 Å². The molecule has 0 atom stereocenters. The highest BCUT2D eigenvalue weighted by molar-refractivity contribution is 5.78. The number of phenols is 1. The van der Waals surface area contributed by atoms with E-state index in [1.54, 1.807) is 30.1 Å². The van der Waals surface area contributed by atoms with E-state index < -0.39 is 0 Å². The molecule has 1 saturated carbocycles. The number of carbonyl (C=O) groups excluding carboxylic acids is 1. The van der Waals surface area contributed by atoms with E-state index in [0.717, 1.165) is 5.56 Å². The highest BCUT2D eigenvalue weighted by atomic mass is 16.5. The molecule has 1 fully saturated rings. The van der Waals surface area contributed by atoms with E-state index in [9.17, 15) is 9.90 Å². The maximum absolute atomic E-state index is 12.1. The van der Waals surface area contributed by atoms with Gasteiger partial charge in [-0.25, -0.2) is 0 Å². The number of likely N-dealkylation sites (N-methyl/N-ethyl adjacent to an activating group) is 1. The summed E-state index contributed by atoms with van der Waals surface area (Å²) in [5, 5.41) is 12.9. The van der Waals surface area contributed by atoms with Crippen molar-refractivity contribution in [3.05, 3.63) is 23.8 Å². The van der Waals surface area contributed by atoms with Crippen LogP contribution in [-0.4, -0.2) is 42.7 Å². The molecule has 21 heavy (non-hydrogen) atoms. The van der Waals surface area contributed by atoms with Gasteiger partial charge in [0.15, 0.2) is 11.5 Å². The smallest absolute Gasteiger partial charge is 0.236 e. The molecule has 1 amide bonds. The van der Waals surface area contributed by atoms with Crippen LogP contribution < -0.4 is 10.1 Å². The van der Waals surface area contributed by atoms with Crippen LogP contribution in [0, 0.1) is 0 Å². The summed E-state index contributed by atoms with van der Waals surface area (Å²) in [6, 6.07) is 5.63. The van der Waals surface area contributed by atoms with Crippen LogP contribution >= 0.6 is 0 Å². The zero-order chi connectivity index (χ0) is 15.2. The standard InChI is InChI=1S/C16H24N2O3/c1-18(16(20)10-17-13-5-3-4-6-13)11-12-7-8-14(19)15(9-12)21-2/h7-9,13,17,19H,3-6,10-11H2,1-2H3. The van der Waals surface area contributed by atoms with Crippen LogP contribution in [0.2, 0.25) is 0 Å². The third kappa shape index (κ3) is 4.36. The second kappa shape index (κ2) is 7.31. The van der Waals surface area contributed by atoms with Gasteiger partial charge in [0.05, 0.1) is 13.7 Å². The van der Waals surface area contributed by atoms with Gasteiger partial charge in [0, 0.05) is 19.6 Å². The lowest BCUT2D eigenvalue weighted by molar-refractivity contribution is -0.129.